The van der Waals surface area contributed by atoms with E-state index in [0.29, 0.717) is 4.99 Å². The highest BCUT2D eigenvalue weighted by molar-refractivity contribution is 7.80. The van der Waals surface area contributed by atoms with Gasteiger partial charge in [0.2, 0.25) is 0 Å². The summed E-state index contributed by atoms with van der Waals surface area (Å²) in [6.07, 6.45) is 0. The molecule has 1 rings (SSSR count). The number of rotatable bonds is 2. The predicted octanol–water partition coefficient (Wildman–Crippen LogP) is 1.64. The third-order valence-electron chi connectivity index (χ3n) is 1.71. The van der Waals surface area contributed by atoms with Gasteiger partial charge in [0.25, 0.3) is 0 Å². The number of aryl methyl sites for hydroxylation is 1. The molecule has 0 radical (unpaired) electrons. The Kier molecular flexibility index (Phi) is 2.65. The normalized spacial score (nSPS) is 9.50. The molecule has 0 spiro atoms. The topological polar surface area (TPSA) is 35.2 Å². The molecule has 0 aromatic heterocycles. The lowest BCUT2D eigenvalue weighted by molar-refractivity contribution is 0.414. The van der Waals surface area contributed by atoms with E-state index < -0.39 is 0 Å². The van der Waals surface area contributed by atoms with Crippen LogP contribution in [0.25, 0.3) is 0 Å². The smallest absolute Gasteiger partial charge is 0.119 e. The molecule has 0 saturated carbocycles. The Morgan fingerprint density at radius 1 is 1.50 bits per heavy atom. The molecule has 1 aromatic rings. The monoisotopic (exact) mass is 181 g/mol. The fourth-order valence-electron chi connectivity index (χ4n) is 0.994. The number of hydrogen-bond donors (Lipinski definition) is 1. The molecule has 0 heterocycles. The first-order chi connectivity index (χ1) is 5.65. The quantitative estimate of drug-likeness (QED) is 0.704. The van der Waals surface area contributed by atoms with Gasteiger partial charge < -0.3 is 10.5 Å². The molecule has 0 fully saturated rings. The Morgan fingerprint density at radius 2 is 2.17 bits per heavy atom. The third-order valence-corrected chi connectivity index (χ3v) is 1.93. The fourth-order valence-corrected chi connectivity index (χ4v) is 1.21. The molecule has 0 aliphatic rings. The van der Waals surface area contributed by atoms with Gasteiger partial charge in [-0.1, -0.05) is 18.3 Å². The highest BCUT2D eigenvalue weighted by Crippen LogP contribution is 2.16. The van der Waals surface area contributed by atoms with Crippen LogP contribution in [0.2, 0.25) is 0 Å². The molecule has 12 heavy (non-hydrogen) atoms. The van der Waals surface area contributed by atoms with Gasteiger partial charge in [0.1, 0.15) is 10.7 Å². The molecule has 0 unspecified atom stereocenters. The van der Waals surface area contributed by atoms with Crippen LogP contribution in [-0.2, 0) is 0 Å². The summed E-state index contributed by atoms with van der Waals surface area (Å²) in [5.41, 5.74) is 7.47. The van der Waals surface area contributed by atoms with E-state index in [1.165, 1.54) is 0 Å². The zero-order valence-electron chi connectivity index (χ0n) is 7.13. The van der Waals surface area contributed by atoms with Gasteiger partial charge in [-0.2, -0.15) is 0 Å². The summed E-state index contributed by atoms with van der Waals surface area (Å²) in [5.74, 6) is 0.781. The van der Waals surface area contributed by atoms with E-state index in [4.69, 9.17) is 22.7 Å². The van der Waals surface area contributed by atoms with Crippen molar-refractivity contribution in [3.8, 4) is 5.75 Å². The van der Waals surface area contributed by atoms with Gasteiger partial charge in [0.05, 0.1) is 7.11 Å². The minimum absolute atomic E-state index is 0.409. The van der Waals surface area contributed by atoms with E-state index in [0.717, 1.165) is 16.9 Å². The van der Waals surface area contributed by atoms with Gasteiger partial charge in [-0.05, 0) is 24.6 Å². The first-order valence-corrected chi connectivity index (χ1v) is 4.00. The zero-order chi connectivity index (χ0) is 9.14. The lowest BCUT2D eigenvalue weighted by Crippen LogP contribution is -2.11. The number of hydrogen-bond acceptors (Lipinski definition) is 2. The summed E-state index contributed by atoms with van der Waals surface area (Å²) < 4.78 is 5.04. The van der Waals surface area contributed by atoms with Crippen LogP contribution in [0, 0.1) is 6.92 Å². The van der Waals surface area contributed by atoms with Crippen molar-refractivity contribution in [2.45, 2.75) is 6.92 Å². The summed E-state index contributed by atoms with van der Waals surface area (Å²) in [6, 6.07) is 5.67. The number of methoxy groups -OCH3 is 1. The first kappa shape index (κ1) is 9.00. The molecule has 0 amide bonds. The molecule has 2 nitrogen and oxygen atoms in total. The average Bonchev–Trinajstić information content (AvgIpc) is 2.05. The maximum atomic E-state index is 5.51. The summed E-state index contributed by atoms with van der Waals surface area (Å²) in [6.45, 7) is 1.97. The van der Waals surface area contributed by atoms with Crippen LogP contribution in [0.3, 0.4) is 0 Å². The third kappa shape index (κ3) is 1.74. The Balaban J connectivity index is 3.17. The van der Waals surface area contributed by atoms with Crippen LogP contribution in [0.5, 0.6) is 5.75 Å². The van der Waals surface area contributed by atoms with Crippen molar-refractivity contribution in [3.05, 3.63) is 29.3 Å². The van der Waals surface area contributed by atoms with E-state index in [9.17, 15) is 0 Å². The number of ether oxygens (including phenoxy) is 1. The molecular formula is C9H11NOS. The molecule has 0 aliphatic heterocycles. The summed E-state index contributed by atoms with van der Waals surface area (Å²) in [7, 11) is 1.62. The Hall–Kier alpha value is -1.09. The van der Waals surface area contributed by atoms with E-state index >= 15 is 0 Å². The highest BCUT2D eigenvalue weighted by atomic mass is 32.1. The van der Waals surface area contributed by atoms with Gasteiger partial charge in [0, 0.05) is 5.56 Å². The van der Waals surface area contributed by atoms with Gasteiger partial charge in [0.15, 0.2) is 0 Å². The Bertz CT molecular complexity index is 309. The van der Waals surface area contributed by atoms with Crippen molar-refractivity contribution in [1.82, 2.24) is 0 Å². The summed E-state index contributed by atoms with van der Waals surface area (Å²) >= 11 is 4.88. The average molecular weight is 181 g/mol. The Labute approximate surface area is 77.3 Å². The van der Waals surface area contributed by atoms with Gasteiger partial charge >= 0.3 is 0 Å². The van der Waals surface area contributed by atoms with E-state index in [2.05, 4.69) is 0 Å². The number of nitrogens with two attached hydrogens (primary N) is 1. The van der Waals surface area contributed by atoms with Gasteiger partial charge in [-0.25, -0.2) is 0 Å². The largest absolute Gasteiger partial charge is 0.497 e. The molecule has 3 heteroatoms. The van der Waals surface area contributed by atoms with Gasteiger partial charge in [-0.15, -0.1) is 0 Å². The minimum atomic E-state index is 0.409. The fraction of sp³-hybridized carbons (Fsp3) is 0.222. The lowest BCUT2D eigenvalue weighted by Gasteiger charge is -2.05. The second-order valence-corrected chi connectivity index (χ2v) is 2.98. The van der Waals surface area contributed by atoms with Crippen molar-refractivity contribution in [3.63, 3.8) is 0 Å². The predicted molar refractivity (Wildman–Crippen MR) is 53.6 cm³/mol. The van der Waals surface area contributed by atoms with Crippen LogP contribution >= 0.6 is 12.2 Å². The van der Waals surface area contributed by atoms with Crippen LogP contribution in [0.15, 0.2) is 18.2 Å². The van der Waals surface area contributed by atoms with Crippen molar-refractivity contribution in [2.24, 2.45) is 5.73 Å². The molecule has 0 atom stereocenters. The highest BCUT2D eigenvalue weighted by Gasteiger charge is 2.02. The Morgan fingerprint density at radius 3 is 2.67 bits per heavy atom. The minimum Gasteiger partial charge on any atom is -0.497 e. The van der Waals surface area contributed by atoms with E-state index in [-0.39, 0.29) is 0 Å². The maximum Gasteiger partial charge on any atom is 0.119 e. The summed E-state index contributed by atoms with van der Waals surface area (Å²) in [4.78, 5) is 0.409. The molecule has 0 saturated heterocycles. The van der Waals surface area contributed by atoms with Crippen LogP contribution < -0.4 is 10.5 Å². The SMILES string of the molecule is COc1ccc(C)c(C(N)=S)c1. The zero-order valence-corrected chi connectivity index (χ0v) is 7.94. The number of thiocarbonyl (C=S) groups is 1. The van der Waals surface area contributed by atoms with Gasteiger partial charge in [-0.3, -0.25) is 0 Å². The van der Waals surface area contributed by atoms with Crippen LogP contribution in [-0.4, -0.2) is 12.1 Å². The standard InChI is InChI=1S/C9H11NOS/c1-6-3-4-7(11-2)5-8(6)9(10)12/h3-5H,1-2H3,(H2,10,12). The summed E-state index contributed by atoms with van der Waals surface area (Å²) in [5, 5.41) is 0. The first-order valence-electron chi connectivity index (χ1n) is 3.59. The molecular weight excluding hydrogens is 170 g/mol. The molecule has 1 aromatic carbocycles. The maximum absolute atomic E-state index is 5.51. The van der Waals surface area contributed by atoms with Crippen molar-refractivity contribution in [1.29, 1.82) is 0 Å². The van der Waals surface area contributed by atoms with Crippen molar-refractivity contribution in [2.75, 3.05) is 7.11 Å². The molecule has 2 N–H and O–H groups in total. The van der Waals surface area contributed by atoms with Crippen LogP contribution in [0.4, 0.5) is 0 Å². The van der Waals surface area contributed by atoms with Crippen LogP contribution in [0.1, 0.15) is 11.1 Å². The second kappa shape index (κ2) is 3.54. The number of benzene rings is 1. The molecule has 0 bridgehead atoms. The van der Waals surface area contributed by atoms with E-state index in [1.54, 1.807) is 7.11 Å². The van der Waals surface area contributed by atoms with Crippen molar-refractivity contribution < 1.29 is 4.74 Å². The van der Waals surface area contributed by atoms with E-state index in [1.807, 2.05) is 25.1 Å². The lowest BCUT2D eigenvalue weighted by atomic mass is 10.1. The van der Waals surface area contributed by atoms with Crippen molar-refractivity contribution >= 4 is 17.2 Å². The molecule has 64 valence electrons. The molecule has 0 aliphatic carbocycles. The second-order valence-electron chi connectivity index (χ2n) is 2.55.